The van der Waals surface area contributed by atoms with Gasteiger partial charge in [0.25, 0.3) is 0 Å². The monoisotopic (exact) mass is 381 g/mol. The Bertz CT molecular complexity index is 662. The van der Waals surface area contributed by atoms with Gasteiger partial charge in [-0.05, 0) is 36.8 Å². The Morgan fingerprint density at radius 2 is 1.85 bits per heavy atom. The first-order valence-corrected chi connectivity index (χ1v) is 11.2. The summed E-state index contributed by atoms with van der Waals surface area (Å²) in [5.74, 6) is 2.47. The van der Waals surface area contributed by atoms with E-state index in [2.05, 4.69) is 23.7 Å². The molecule has 0 atom stereocenters. The number of pyridine rings is 1. The lowest BCUT2D eigenvalue weighted by Crippen LogP contribution is -2.40. The van der Waals surface area contributed by atoms with Gasteiger partial charge in [0.15, 0.2) is 0 Å². The van der Waals surface area contributed by atoms with Gasteiger partial charge in [-0.1, -0.05) is 26.7 Å². The maximum Gasteiger partial charge on any atom is 0.244 e. The van der Waals surface area contributed by atoms with Gasteiger partial charge in [0.2, 0.25) is 10.0 Å². The summed E-state index contributed by atoms with van der Waals surface area (Å²) in [5.41, 5.74) is 0. The molecule has 2 saturated heterocycles. The molecule has 0 bridgehead atoms. The lowest BCUT2D eigenvalue weighted by molar-refractivity contribution is 0.0730. The molecule has 2 aliphatic rings. The molecule has 1 aromatic heterocycles. The van der Waals surface area contributed by atoms with Crippen molar-refractivity contribution in [1.29, 1.82) is 0 Å². The summed E-state index contributed by atoms with van der Waals surface area (Å²) in [6.07, 6.45) is 6.52. The van der Waals surface area contributed by atoms with Gasteiger partial charge in [0, 0.05) is 32.4 Å². The van der Waals surface area contributed by atoms with Crippen molar-refractivity contribution >= 4 is 15.8 Å². The highest BCUT2D eigenvalue weighted by molar-refractivity contribution is 7.89. The van der Waals surface area contributed by atoms with E-state index in [1.54, 1.807) is 6.07 Å². The van der Waals surface area contributed by atoms with Crippen LogP contribution in [0.1, 0.15) is 39.5 Å². The smallest absolute Gasteiger partial charge is 0.244 e. The number of rotatable bonds is 6. The zero-order chi connectivity index (χ0) is 18.6. The molecule has 0 aromatic carbocycles. The van der Waals surface area contributed by atoms with Crippen LogP contribution in [0.3, 0.4) is 0 Å². The fraction of sp³-hybridized carbons (Fsp3) is 0.737. The predicted octanol–water partition coefficient (Wildman–Crippen LogP) is 2.76. The maximum absolute atomic E-state index is 12.7. The van der Waals surface area contributed by atoms with Crippen molar-refractivity contribution in [3.8, 4) is 0 Å². The Labute approximate surface area is 157 Å². The molecular formula is C19H31N3O3S. The third-order valence-corrected chi connectivity index (χ3v) is 7.30. The second-order valence-electron chi connectivity index (χ2n) is 7.77. The topological polar surface area (TPSA) is 62.7 Å². The fourth-order valence-electron chi connectivity index (χ4n) is 3.67. The lowest BCUT2D eigenvalue weighted by atomic mass is 9.90. The van der Waals surface area contributed by atoms with Crippen molar-refractivity contribution in [1.82, 2.24) is 9.29 Å². The van der Waals surface area contributed by atoms with Crippen LogP contribution in [0, 0.1) is 11.8 Å². The number of hydrogen-bond donors (Lipinski definition) is 0. The molecule has 0 amide bonds. The van der Waals surface area contributed by atoms with E-state index < -0.39 is 10.0 Å². The number of sulfonamides is 1. The number of morpholine rings is 1. The highest BCUT2D eigenvalue weighted by Gasteiger charge is 2.27. The zero-order valence-electron chi connectivity index (χ0n) is 15.9. The van der Waals surface area contributed by atoms with Gasteiger partial charge in [0.05, 0.1) is 13.2 Å². The molecular weight excluding hydrogens is 350 g/mol. The average molecular weight is 382 g/mol. The molecule has 1 aromatic rings. The first-order chi connectivity index (χ1) is 12.5. The number of piperidine rings is 1. The van der Waals surface area contributed by atoms with Gasteiger partial charge in [-0.25, -0.2) is 13.4 Å². The van der Waals surface area contributed by atoms with E-state index in [9.17, 15) is 8.42 Å². The van der Waals surface area contributed by atoms with Crippen LogP contribution in [-0.4, -0.2) is 57.1 Å². The van der Waals surface area contributed by atoms with Crippen molar-refractivity contribution in [3.05, 3.63) is 18.3 Å². The predicted molar refractivity (Wildman–Crippen MR) is 103 cm³/mol. The first kappa shape index (κ1) is 19.6. The van der Waals surface area contributed by atoms with Gasteiger partial charge in [-0.3, -0.25) is 0 Å². The van der Waals surface area contributed by atoms with Crippen LogP contribution in [-0.2, 0) is 14.8 Å². The summed E-state index contributed by atoms with van der Waals surface area (Å²) >= 11 is 0. The molecule has 6 nitrogen and oxygen atoms in total. The standard InChI is InChI=1S/C19H31N3O3S/c1-16(2)3-4-17-7-9-21(10-8-17)19-6-5-18(15-20-19)26(23,24)22-11-13-25-14-12-22/h5-6,15-17H,3-4,7-14H2,1-2H3. The van der Waals surface area contributed by atoms with Crippen molar-refractivity contribution in [2.75, 3.05) is 44.3 Å². The molecule has 0 N–H and O–H groups in total. The Hall–Kier alpha value is -1.18. The maximum atomic E-state index is 12.7. The third-order valence-electron chi connectivity index (χ3n) is 5.42. The van der Waals surface area contributed by atoms with Crippen LogP contribution in [0.15, 0.2) is 23.2 Å². The summed E-state index contributed by atoms with van der Waals surface area (Å²) in [7, 11) is -3.46. The second-order valence-corrected chi connectivity index (χ2v) is 9.71. The largest absolute Gasteiger partial charge is 0.379 e. The normalized spacial score (nSPS) is 20.7. The van der Waals surface area contributed by atoms with E-state index >= 15 is 0 Å². The van der Waals surface area contributed by atoms with Gasteiger partial charge < -0.3 is 9.64 Å². The number of aromatic nitrogens is 1. The van der Waals surface area contributed by atoms with Crippen LogP contribution in [0.25, 0.3) is 0 Å². The highest BCUT2D eigenvalue weighted by atomic mass is 32.2. The molecule has 0 saturated carbocycles. The van der Waals surface area contributed by atoms with Crippen LogP contribution in [0.4, 0.5) is 5.82 Å². The van der Waals surface area contributed by atoms with Gasteiger partial charge in [-0.15, -0.1) is 0 Å². The molecule has 26 heavy (non-hydrogen) atoms. The van der Waals surface area contributed by atoms with E-state index in [0.29, 0.717) is 26.3 Å². The van der Waals surface area contributed by atoms with Crippen LogP contribution >= 0.6 is 0 Å². The molecule has 2 aliphatic heterocycles. The average Bonchev–Trinajstić information content (AvgIpc) is 2.67. The fourth-order valence-corrected chi connectivity index (χ4v) is 5.02. The molecule has 2 fully saturated rings. The number of hydrogen-bond acceptors (Lipinski definition) is 5. The molecule has 0 unspecified atom stereocenters. The van der Waals surface area contributed by atoms with Crippen LogP contribution < -0.4 is 4.90 Å². The quantitative estimate of drug-likeness (QED) is 0.758. The van der Waals surface area contributed by atoms with Crippen molar-refractivity contribution in [2.45, 2.75) is 44.4 Å². The zero-order valence-corrected chi connectivity index (χ0v) is 16.7. The van der Waals surface area contributed by atoms with E-state index in [-0.39, 0.29) is 4.90 Å². The van der Waals surface area contributed by atoms with Gasteiger partial charge >= 0.3 is 0 Å². The Morgan fingerprint density at radius 1 is 1.15 bits per heavy atom. The van der Waals surface area contributed by atoms with Crippen molar-refractivity contribution < 1.29 is 13.2 Å². The summed E-state index contributed by atoms with van der Waals surface area (Å²) in [4.78, 5) is 7.00. The minimum Gasteiger partial charge on any atom is -0.379 e. The van der Waals surface area contributed by atoms with E-state index in [1.165, 1.54) is 36.2 Å². The lowest BCUT2D eigenvalue weighted by Gasteiger charge is -2.33. The Balaban J connectivity index is 1.58. The third kappa shape index (κ3) is 4.75. The summed E-state index contributed by atoms with van der Waals surface area (Å²) in [6.45, 7) is 8.31. The molecule has 0 spiro atoms. The minimum absolute atomic E-state index is 0.273. The first-order valence-electron chi connectivity index (χ1n) is 9.75. The molecule has 3 heterocycles. The van der Waals surface area contributed by atoms with E-state index in [4.69, 9.17) is 4.74 Å². The second kappa shape index (κ2) is 8.67. The van der Waals surface area contributed by atoms with Gasteiger partial charge in [-0.2, -0.15) is 4.31 Å². The number of ether oxygens (including phenoxy) is 1. The minimum atomic E-state index is -3.46. The molecule has 0 radical (unpaired) electrons. The van der Waals surface area contributed by atoms with Crippen LogP contribution in [0.2, 0.25) is 0 Å². The van der Waals surface area contributed by atoms with Crippen molar-refractivity contribution in [2.24, 2.45) is 11.8 Å². The Morgan fingerprint density at radius 3 is 2.42 bits per heavy atom. The molecule has 146 valence electrons. The van der Waals surface area contributed by atoms with Crippen molar-refractivity contribution in [3.63, 3.8) is 0 Å². The summed E-state index contributed by atoms with van der Waals surface area (Å²) in [6, 6.07) is 3.54. The Kier molecular flexibility index (Phi) is 6.53. The van der Waals surface area contributed by atoms with Crippen LogP contribution in [0.5, 0.6) is 0 Å². The molecule has 0 aliphatic carbocycles. The summed E-state index contributed by atoms with van der Waals surface area (Å²) in [5, 5.41) is 0. The molecule has 7 heteroatoms. The van der Waals surface area contributed by atoms with Gasteiger partial charge in [0.1, 0.15) is 10.7 Å². The summed E-state index contributed by atoms with van der Waals surface area (Å²) < 4.78 is 32.0. The molecule has 3 rings (SSSR count). The highest BCUT2D eigenvalue weighted by Crippen LogP contribution is 2.27. The van der Waals surface area contributed by atoms with E-state index in [0.717, 1.165) is 30.7 Å². The SMILES string of the molecule is CC(C)CCC1CCN(c2ccc(S(=O)(=O)N3CCOCC3)cn2)CC1. The van der Waals surface area contributed by atoms with E-state index in [1.807, 2.05) is 6.07 Å². The number of anilines is 1. The number of nitrogens with zero attached hydrogens (tertiary/aromatic N) is 3.